The maximum Gasteiger partial charge on any atom is 0.254 e. The van der Waals surface area contributed by atoms with Gasteiger partial charge in [-0.1, -0.05) is 24.3 Å². The summed E-state index contributed by atoms with van der Waals surface area (Å²) in [4.78, 5) is 38.0. The molecule has 0 bridgehead atoms. The fraction of sp³-hybridized carbons (Fsp3) is 0.318. The Morgan fingerprint density at radius 1 is 1.07 bits per heavy atom. The van der Waals surface area contributed by atoms with E-state index in [2.05, 4.69) is 10.6 Å². The molecule has 0 unspecified atom stereocenters. The molecule has 0 atom stereocenters. The summed E-state index contributed by atoms with van der Waals surface area (Å²) in [5.74, 6) is -1.15. The lowest BCUT2D eigenvalue weighted by Crippen LogP contribution is -2.46. The van der Waals surface area contributed by atoms with Crippen LogP contribution in [0.25, 0.3) is 0 Å². The Morgan fingerprint density at radius 3 is 2.48 bits per heavy atom. The summed E-state index contributed by atoms with van der Waals surface area (Å²) in [7, 11) is 0. The van der Waals surface area contributed by atoms with Gasteiger partial charge in [-0.2, -0.15) is 0 Å². The van der Waals surface area contributed by atoms with Gasteiger partial charge < -0.3 is 10.6 Å². The molecule has 1 aliphatic rings. The number of Topliss-reactive ketones (excluding diaryl/α,β-unsaturated/α-hetero) is 1. The lowest BCUT2D eigenvalue weighted by atomic mass is 10.0. The van der Waals surface area contributed by atoms with Crippen molar-refractivity contribution in [3.63, 3.8) is 0 Å². The zero-order valence-corrected chi connectivity index (χ0v) is 16.3. The Labute approximate surface area is 169 Å². The van der Waals surface area contributed by atoms with E-state index in [0.717, 1.165) is 0 Å². The molecular weight excluding hydrogens is 373 g/mol. The van der Waals surface area contributed by atoms with Crippen LogP contribution in [-0.4, -0.2) is 48.2 Å². The van der Waals surface area contributed by atoms with E-state index < -0.39 is 11.7 Å². The van der Waals surface area contributed by atoms with E-state index in [1.807, 2.05) is 4.90 Å². The van der Waals surface area contributed by atoms with Gasteiger partial charge in [-0.25, -0.2) is 4.39 Å². The molecule has 0 radical (unpaired) electrons. The van der Waals surface area contributed by atoms with Crippen molar-refractivity contribution < 1.29 is 18.8 Å². The zero-order valence-electron chi connectivity index (χ0n) is 16.3. The summed E-state index contributed by atoms with van der Waals surface area (Å²) in [6.45, 7) is 3.03. The minimum atomic E-state index is -0.534. The van der Waals surface area contributed by atoms with Crippen LogP contribution >= 0.6 is 0 Å². The van der Waals surface area contributed by atoms with Crippen LogP contribution in [0.5, 0.6) is 0 Å². The van der Waals surface area contributed by atoms with Gasteiger partial charge in [0.05, 0.1) is 12.1 Å². The van der Waals surface area contributed by atoms with E-state index in [0.29, 0.717) is 37.2 Å². The maximum absolute atomic E-state index is 13.7. The van der Waals surface area contributed by atoms with Crippen molar-refractivity contribution >= 4 is 23.3 Å². The molecule has 0 aromatic heterocycles. The molecule has 0 aliphatic carbocycles. The highest BCUT2D eigenvalue weighted by Crippen LogP contribution is 2.14. The molecule has 3 rings (SSSR count). The number of likely N-dealkylation sites (tertiary alicyclic amines) is 1. The molecule has 1 saturated heterocycles. The molecule has 2 amide bonds. The van der Waals surface area contributed by atoms with E-state index in [9.17, 15) is 18.8 Å². The molecule has 2 aromatic carbocycles. The average molecular weight is 397 g/mol. The van der Waals surface area contributed by atoms with Gasteiger partial charge in [0, 0.05) is 30.4 Å². The van der Waals surface area contributed by atoms with Gasteiger partial charge in [0.2, 0.25) is 5.91 Å². The average Bonchev–Trinajstić information content (AvgIpc) is 2.70. The van der Waals surface area contributed by atoms with Gasteiger partial charge >= 0.3 is 0 Å². The summed E-state index contributed by atoms with van der Waals surface area (Å²) >= 11 is 0. The minimum Gasteiger partial charge on any atom is -0.349 e. The fourth-order valence-electron chi connectivity index (χ4n) is 3.36. The number of nitrogens with one attached hydrogen (secondary N) is 2. The van der Waals surface area contributed by atoms with Crippen LogP contribution in [0.15, 0.2) is 48.5 Å². The third-order valence-corrected chi connectivity index (χ3v) is 4.96. The number of hydrogen-bond acceptors (Lipinski definition) is 4. The van der Waals surface area contributed by atoms with E-state index in [1.165, 1.54) is 19.1 Å². The summed E-state index contributed by atoms with van der Waals surface area (Å²) in [6, 6.07) is 12.7. The molecule has 2 aromatic rings. The van der Waals surface area contributed by atoms with Crippen LogP contribution in [0.2, 0.25) is 0 Å². The monoisotopic (exact) mass is 397 g/mol. The first-order valence-electron chi connectivity index (χ1n) is 9.61. The second-order valence-electron chi connectivity index (χ2n) is 7.19. The molecule has 6 nitrogen and oxygen atoms in total. The normalized spacial score (nSPS) is 15.0. The summed E-state index contributed by atoms with van der Waals surface area (Å²) in [6.07, 6.45) is 1.38. The molecule has 7 heteroatoms. The van der Waals surface area contributed by atoms with Crippen LogP contribution < -0.4 is 10.6 Å². The van der Waals surface area contributed by atoms with Crippen molar-refractivity contribution in [2.24, 2.45) is 0 Å². The van der Waals surface area contributed by atoms with Crippen LogP contribution in [0.3, 0.4) is 0 Å². The second kappa shape index (κ2) is 9.43. The van der Waals surface area contributed by atoms with Crippen molar-refractivity contribution in [2.45, 2.75) is 25.8 Å². The van der Waals surface area contributed by atoms with E-state index in [1.54, 1.807) is 36.4 Å². The summed E-state index contributed by atoms with van der Waals surface area (Å²) in [5, 5.41) is 5.68. The number of hydrogen-bond donors (Lipinski definition) is 2. The van der Waals surface area contributed by atoms with Crippen LogP contribution in [-0.2, 0) is 4.79 Å². The number of amides is 2. The number of halogens is 1. The molecule has 1 aliphatic heterocycles. The quantitative estimate of drug-likeness (QED) is 0.735. The first-order valence-corrected chi connectivity index (χ1v) is 9.61. The molecule has 152 valence electrons. The second-order valence-corrected chi connectivity index (χ2v) is 7.19. The lowest BCUT2D eigenvalue weighted by molar-refractivity contribution is -0.117. The Morgan fingerprint density at radius 2 is 1.79 bits per heavy atom. The van der Waals surface area contributed by atoms with Gasteiger partial charge in [-0.15, -0.1) is 0 Å². The summed E-state index contributed by atoms with van der Waals surface area (Å²) < 4.78 is 13.7. The van der Waals surface area contributed by atoms with E-state index in [4.69, 9.17) is 0 Å². The molecular formula is C22H24FN3O3. The molecule has 2 N–H and O–H groups in total. The Hall–Kier alpha value is -3.06. The molecule has 1 heterocycles. The lowest BCUT2D eigenvalue weighted by Gasteiger charge is -2.31. The highest BCUT2D eigenvalue weighted by atomic mass is 19.1. The SMILES string of the molecule is CC(=O)c1cccc(NC(=O)CN2CCC(NC(=O)c3ccccc3F)CC2)c1. The number of anilines is 1. The molecule has 1 fully saturated rings. The molecule has 0 saturated carbocycles. The number of nitrogens with zero attached hydrogens (tertiary/aromatic N) is 1. The maximum atomic E-state index is 13.7. The van der Waals surface area contributed by atoms with Crippen LogP contribution in [0.1, 0.15) is 40.5 Å². The minimum absolute atomic E-state index is 0.0436. The first kappa shape index (κ1) is 20.7. The van der Waals surface area contributed by atoms with Crippen LogP contribution in [0, 0.1) is 5.82 Å². The van der Waals surface area contributed by atoms with Gasteiger partial charge in [0.25, 0.3) is 5.91 Å². The predicted octanol–water partition coefficient (Wildman–Crippen LogP) is 2.86. The van der Waals surface area contributed by atoms with E-state index in [-0.39, 0.29) is 29.8 Å². The highest BCUT2D eigenvalue weighted by molar-refractivity contribution is 5.97. The van der Waals surface area contributed by atoms with Gasteiger partial charge in [-0.3, -0.25) is 19.3 Å². The number of piperidine rings is 1. The smallest absolute Gasteiger partial charge is 0.254 e. The van der Waals surface area contributed by atoms with E-state index >= 15 is 0 Å². The number of ketones is 1. The third-order valence-electron chi connectivity index (χ3n) is 4.96. The highest BCUT2D eigenvalue weighted by Gasteiger charge is 2.23. The summed E-state index contributed by atoms with van der Waals surface area (Å²) in [5.41, 5.74) is 1.19. The topological polar surface area (TPSA) is 78.5 Å². The van der Waals surface area contributed by atoms with Crippen molar-refractivity contribution in [3.8, 4) is 0 Å². The van der Waals surface area contributed by atoms with Crippen molar-refractivity contribution in [2.75, 3.05) is 25.0 Å². The molecule has 0 spiro atoms. The van der Waals surface area contributed by atoms with Crippen molar-refractivity contribution in [1.29, 1.82) is 0 Å². The Balaban J connectivity index is 1.45. The van der Waals surface area contributed by atoms with Gasteiger partial charge in [-0.05, 0) is 44.0 Å². The number of rotatable bonds is 6. The number of benzene rings is 2. The number of carbonyl (C=O) groups is 3. The van der Waals surface area contributed by atoms with Crippen molar-refractivity contribution in [3.05, 3.63) is 65.5 Å². The number of carbonyl (C=O) groups excluding carboxylic acids is 3. The Bertz CT molecular complexity index is 908. The van der Waals surface area contributed by atoms with Crippen molar-refractivity contribution in [1.82, 2.24) is 10.2 Å². The predicted molar refractivity (Wildman–Crippen MR) is 108 cm³/mol. The fourth-order valence-corrected chi connectivity index (χ4v) is 3.36. The van der Waals surface area contributed by atoms with Gasteiger partial charge in [0.1, 0.15) is 5.82 Å². The standard InChI is InChI=1S/C22H24FN3O3/c1-15(27)16-5-4-6-18(13-16)24-21(28)14-26-11-9-17(10-12-26)25-22(29)19-7-2-3-8-20(19)23/h2-8,13,17H,9-12,14H2,1H3,(H,24,28)(H,25,29). The first-order chi connectivity index (χ1) is 13.9. The van der Waals surface area contributed by atoms with Gasteiger partial charge in [0.15, 0.2) is 5.78 Å². The molecule has 29 heavy (non-hydrogen) atoms. The Kier molecular flexibility index (Phi) is 6.72. The van der Waals surface area contributed by atoms with Crippen LogP contribution in [0.4, 0.5) is 10.1 Å². The third kappa shape index (κ3) is 5.71. The largest absolute Gasteiger partial charge is 0.349 e. The zero-order chi connectivity index (χ0) is 20.8.